The van der Waals surface area contributed by atoms with Crippen molar-refractivity contribution >= 4 is 10.8 Å². The molecule has 2 aromatic rings. The topological polar surface area (TPSA) is 56.4 Å². The van der Waals surface area contributed by atoms with E-state index in [0.29, 0.717) is 16.3 Å². The summed E-state index contributed by atoms with van der Waals surface area (Å²) in [6.07, 6.45) is 0. The molecule has 2 rings (SSSR count). The Morgan fingerprint density at radius 2 is 1.95 bits per heavy atom. The van der Waals surface area contributed by atoms with Crippen LogP contribution >= 0.6 is 0 Å². The second-order valence-electron chi connectivity index (χ2n) is 6.05. The van der Waals surface area contributed by atoms with E-state index in [1.54, 1.807) is 27.7 Å². The van der Waals surface area contributed by atoms with Gasteiger partial charge in [0.25, 0.3) is 0 Å². The highest BCUT2D eigenvalue weighted by Crippen LogP contribution is 2.29. The number of nitriles is 1. The van der Waals surface area contributed by atoms with E-state index in [-0.39, 0.29) is 12.4 Å². The van der Waals surface area contributed by atoms with Gasteiger partial charge in [0.2, 0.25) is 0 Å². The van der Waals surface area contributed by atoms with Crippen molar-refractivity contribution in [2.75, 3.05) is 6.61 Å². The molecule has 0 radical (unpaired) electrons. The van der Waals surface area contributed by atoms with Gasteiger partial charge in [0.05, 0.1) is 29.0 Å². The standard InChI is InChI=1S/C15H17FN2O/c1-14(2,7-17)9-5-10-12(11(16)6-9)13(10)18-15(3,4)8-19/h5-6,19H,8H2,1-4H3. The molecular formula is C15H17FN2O. The molecular weight excluding hydrogens is 243 g/mol. The van der Waals surface area contributed by atoms with Crippen LogP contribution in [-0.2, 0) is 5.41 Å². The molecule has 19 heavy (non-hydrogen) atoms. The smallest absolute Gasteiger partial charge is 0.133 e. The second kappa shape index (κ2) is 4.14. The van der Waals surface area contributed by atoms with E-state index < -0.39 is 11.0 Å². The predicted molar refractivity (Wildman–Crippen MR) is 71.6 cm³/mol. The molecule has 3 nitrogen and oxygen atoms in total. The molecule has 0 saturated carbocycles. The number of hydrogen-bond acceptors (Lipinski definition) is 3. The van der Waals surface area contributed by atoms with Gasteiger partial charge >= 0.3 is 0 Å². The number of aliphatic hydroxyl groups is 1. The van der Waals surface area contributed by atoms with Crippen LogP contribution in [-0.4, -0.2) is 17.3 Å². The maximum Gasteiger partial charge on any atom is 0.133 e. The van der Waals surface area contributed by atoms with Gasteiger partial charge < -0.3 is 5.11 Å². The van der Waals surface area contributed by atoms with Crippen molar-refractivity contribution in [3.8, 4) is 6.07 Å². The van der Waals surface area contributed by atoms with Crippen molar-refractivity contribution in [2.24, 2.45) is 4.99 Å². The minimum atomic E-state index is -0.726. The zero-order chi connectivity index (χ0) is 14.4. The van der Waals surface area contributed by atoms with Gasteiger partial charge in [-0.1, -0.05) is 0 Å². The van der Waals surface area contributed by atoms with Gasteiger partial charge in [0.1, 0.15) is 5.82 Å². The highest BCUT2D eigenvalue weighted by molar-refractivity contribution is 5.98. The lowest BCUT2D eigenvalue weighted by Crippen LogP contribution is -2.23. The Morgan fingerprint density at radius 1 is 1.32 bits per heavy atom. The molecule has 2 aromatic carbocycles. The zero-order valence-electron chi connectivity index (χ0n) is 11.6. The number of rotatable bonds is 3. The Morgan fingerprint density at radius 3 is 2.47 bits per heavy atom. The molecule has 0 spiro atoms. The first-order valence-corrected chi connectivity index (χ1v) is 6.18. The van der Waals surface area contributed by atoms with E-state index in [4.69, 9.17) is 5.26 Å². The summed E-state index contributed by atoms with van der Waals surface area (Å²) in [5, 5.41) is 20.2. The Kier molecular flexibility index (Phi) is 2.98. The molecule has 0 aromatic heterocycles. The third-order valence-corrected chi connectivity index (χ3v) is 3.32. The lowest BCUT2D eigenvalue weighted by Gasteiger charge is -2.14. The highest BCUT2D eigenvalue weighted by Gasteiger charge is 2.26. The number of aliphatic hydroxyl groups excluding tert-OH is 1. The molecule has 0 atom stereocenters. The minimum absolute atomic E-state index is 0.0946. The first kappa shape index (κ1) is 13.7. The average molecular weight is 260 g/mol. The van der Waals surface area contributed by atoms with Crippen LogP contribution in [0.5, 0.6) is 0 Å². The summed E-state index contributed by atoms with van der Waals surface area (Å²) in [5.74, 6) is -0.344. The molecule has 0 heterocycles. The fraction of sp³-hybridized carbons (Fsp3) is 0.467. The van der Waals surface area contributed by atoms with Crippen LogP contribution in [0.15, 0.2) is 17.1 Å². The van der Waals surface area contributed by atoms with Gasteiger partial charge in [-0.15, -0.1) is 0 Å². The van der Waals surface area contributed by atoms with Gasteiger partial charge in [-0.3, -0.25) is 4.99 Å². The van der Waals surface area contributed by atoms with Crippen LogP contribution in [0.3, 0.4) is 0 Å². The lowest BCUT2D eigenvalue weighted by molar-refractivity contribution is 0.220. The van der Waals surface area contributed by atoms with Gasteiger partial charge in [-0.25, -0.2) is 4.39 Å². The fourth-order valence-electron chi connectivity index (χ4n) is 1.86. The predicted octanol–water partition coefficient (Wildman–Crippen LogP) is 2.33. The summed E-state index contributed by atoms with van der Waals surface area (Å²) in [6, 6.07) is 5.38. The number of benzene rings is 1. The Bertz CT molecular complexity index is 697. The number of hydrogen-bond donors (Lipinski definition) is 1. The van der Waals surface area contributed by atoms with Gasteiger partial charge in [0, 0.05) is 10.8 Å². The van der Waals surface area contributed by atoms with Crippen molar-refractivity contribution in [2.45, 2.75) is 38.6 Å². The van der Waals surface area contributed by atoms with Crippen LogP contribution in [0.4, 0.5) is 4.39 Å². The van der Waals surface area contributed by atoms with E-state index in [0.717, 1.165) is 5.39 Å². The van der Waals surface area contributed by atoms with Gasteiger partial charge in [0.15, 0.2) is 0 Å². The van der Waals surface area contributed by atoms with Crippen LogP contribution < -0.4 is 5.36 Å². The highest BCUT2D eigenvalue weighted by atomic mass is 19.1. The molecule has 1 N–H and O–H groups in total. The third-order valence-electron chi connectivity index (χ3n) is 3.32. The van der Waals surface area contributed by atoms with Crippen LogP contribution in [0, 0.1) is 17.1 Å². The van der Waals surface area contributed by atoms with Gasteiger partial charge in [-0.2, -0.15) is 5.26 Å². The second-order valence-corrected chi connectivity index (χ2v) is 6.05. The average Bonchev–Trinajstić information content (AvgIpc) is 3.02. The molecule has 100 valence electrons. The first-order valence-electron chi connectivity index (χ1n) is 6.18. The van der Waals surface area contributed by atoms with Crippen LogP contribution in [0.1, 0.15) is 33.3 Å². The molecule has 0 unspecified atom stereocenters. The zero-order valence-corrected chi connectivity index (χ0v) is 11.6. The van der Waals surface area contributed by atoms with Crippen LogP contribution in [0.25, 0.3) is 10.8 Å². The summed E-state index contributed by atoms with van der Waals surface area (Å²) in [4.78, 5) is 4.36. The first-order chi connectivity index (χ1) is 8.72. The number of nitrogens with zero attached hydrogens (tertiary/aromatic N) is 2. The van der Waals surface area contributed by atoms with E-state index in [2.05, 4.69) is 11.1 Å². The molecule has 0 saturated heterocycles. The molecule has 0 fully saturated rings. The van der Waals surface area contributed by atoms with Crippen molar-refractivity contribution in [3.63, 3.8) is 0 Å². The molecule has 0 aliphatic carbocycles. The third kappa shape index (κ3) is 2.39. The monoisotopic (exact) mass is 260 g/mol. The van der Waals surface area contributed by atoms with Crippen molar-refractivity contribution < 1.29 is 9.50 Å². The number of fused-ring (bicyclic) bond motifs is 1. The normalized spacial score (nSPS) is 14.3. The molecule has 0 amide bonds. The molecule has 4 heteroatoms. The molecule has 0 aliphatic rings. The Balaban J connectivity index is 2.57. The SMILES string of the molecule is CC(C)(CO)N=c1c2cc(C(C)(C)C#N)cc(F)c12. The number of halogens is 1. The lowest BCUT2D eigenvalue weighted by atomic mass is 9.86. The van der Waals surface area contributed by atoms with Crippen molar-refractivity contribution in [1.82, 2.24) is 0 Å². The Labute approximate surface area is 111 Å². The largest absolute Gasteiger partial charge is 0.394 e. The fourth-order valence-corrected chi connectivity index (χ4v) is 1.86. The summed E-state index contributed by atoms with van der Waals surface area (Å²) < 4.78 is 14.0. The summed E-state index contributed by atoms with van der Waals surface area (Å²) in [7, 11) is 0. The maximum atomic E-state index is 14.0. The summed E-state index contributed by atoms with van der Waals surface area (Å²) in [6.45, 7) is 6.99. The van der Waals surface area contributed by atoms with E-state index in [1.807, 2.05) is 6.07 Å². The van der Waals surface area contributed by atoms with Crippen molar-refractivity contribution in [3.05, 3.63) is 28.9 Å². The van der Waals surface area contributed by atoms with Crippen molar-refractivity contribution in [1.29, 1.82) is 5.26 Å². The Hall–Kier alpha value is -1.73. The quantitative estimate of drug-likeness (QED) is 0.920. The van der Waals surface area contributed by atoms with Crippen LogP contribution in [0.2, 0.25) is 0 Å². The maximum absolute atomic E-state index is 14.0. The molecule has 0 bridgehead atoms. The molecule has 0 aliphatic heterocycles. The summed E-state index contributed by atoms with van der Waals surface area (Å²) in [5.41, 5.74) is -0.694. The minimum Gasteiger partial charge on any atom is -0.394 e. The van der Waals surface area contributed by atoms with E-state index >= 15 is 0 Å². The van der Waals surface area contributed by atoms with Gasteiger partial charge in [-0.05, 0) is 45.4 Å². The van der Waals surface area contributed by atoms with E-state index in [1.165, 1.54) is 6.07 Å². The summed E-state index contributed by atoms with van der Waals surface area (Å²) >= 11 is 0. The van der Waals surface area contributed by atoms with E-state index in [9.17, 15) is 9.50 Å².